The monoisotopic (exact) mass is 498 g/mol. The maximum absolute atomic E-state index is 13.3. The molecule has 0 radical (unpaired) electrons. The third kappa shape index (κ3) is 5.14. The first kappa shape index (κ1) is 20.9. The molecular formula is C21H24FIN2O3. The molecule has 28 heavy (non-hydrogen) atoms. The van der Waals surface area contributed by atoms with E-state index in [4.69, 9.17) is 4.74 Å². The molecule has 2 unspecified atom stereocenters. The van der Waals surface area contributed by atoms with E-state index in [0.29, 0.717) is 30.7 Å². The molecule has 2 aliphatic rings. The SMILES string of the molecule is CCNC(=O)C1=C[C@H](Oc2ccccc2I)C(O)[C@H](NC2=CCC(F)C=C2)C1. The van der Waals surface area contributed by atoms with E-state index in [0.717, 1.165) is 9.27 Å². The van der Waals surface area contributed by atoms with Crippen molar-refractivity contribution in [2.45, 2.75) is 44.2 Å². The first-order valence-corrected chi connectivity index (χ1v) is 10.4. The third-order valence-electron chi connectivity index (χ3n) is 4.68. The van der Waals surface area contributed by atoms with Crippen LogP contribution in [0.5, 0.6) is 5.75 Å². The predicted molar refractivity (Wildman–Crippen MR) is 115 cm³/mol. The van der Waals surface area contributed by atoms with Crippen molar-refractivity contribution in [3.63, 3.8) is 0 Å². The number of para-hydroxylation sites is 1. The molecule has 0 fully saturated rings. The zero-order valence-corrected chi connectivity index (χ0v) is 17.7. The Labute approximate surface area is 177 Å². The van der Waals surface area contributed by atoms with Crippen LogP contribution in [0.2, 0.25) is 0 Å². The number of nitrogens with one attached hydrogen (secondary N) is 2. The van der Waals surface area contributed by atoms with Gasteiger partial charge in [0.25, 0.3) is 0 Å². The van der Waals surface area contributed by atoms with Crippen LogP contribution in [-0.2, 0) is 4.79 Å². The smallest absolute Gasteiger partial charge is 0.247 e. The second-order valence-corrected chi connectivity index (χ2v) is 7.94. The van der Waals surface area contributed by atoms with Crippen LogP contribution in [0.3, 0.4) is 0 Å². The first-order valence-electron chi connectivity index (χ1n) is 9.35. The van der Waals surface area contributed by atoms with Gasteiger partial charge in [-0.3, -0.25) is 4.79 Å². The van der Waals surface area contributed by atoms with Crippen LogP contribution in [0.1, 0.15) is 19.8 Å². The fourth-order valence-electron chi connectivity index (χ4n) is 3.24. The van der Waals surface area contributed by atoms with E-state index in [-0.39, 0.29) is 5.91 Å². The number of hydrogen-bond acceptors (Lipinski definition) is 4. The van der Waals surface area contributed by atoms with Gasteiger partial charge < -0.3 is 20.5 Å². The summed E-state index contributed by atoms with van der Waals surface area (Å²) in [6.07, 6.45) is 4.72. The van der Waals surface area contributed by atoms with Crippen molar-refractivity contribution in [2.75, 3.05) is 6.54 Å². The number of carbonyl (C=O) groups excluding carboxylic acids is 1. The number of hydrogen-bond donors (Lipinski definition) is 3. The predicted octanol–water partition coefficient (Wildman–Crippen LogP) is 3.01. The molecule has 7 heteroatoms. The quantitative estimate of drug-likeness (QED) is 0.528. The summed E-state index contributed by atoms with van der Waals surface area (Å²) in [7, 11) is 0. The molecule has 3 N–H and O–H groups in total. The van der Waals surface area contributed by atoms with Gasteiger partial charge in [0.05, 0.1) is 9.61 Å². The lowest BCUT2D eigenvalue weighted by molar-refractivity contribution is -0.118. The maximum Gasteiger partial charge on any atom is 0.247 e. The lowest BCUT2D eigenvalue weighted by atomic mass is 9.89. The van der Waals surface area contributed by atoms with E-state index in [1.54, 1.807) is 18.2 Å². The summed E-state index contributed by atoms with van der Waals surface area (Å²) in [6.45, 7) is 2.38. The van der Waals surface area contributed by atoms with Crippen LogP contribution in [0.15, 0.2) is 59.8 Å². The van der Waals surface area contributed by atoms with Crippen LogP contribution >= 0.6 is 22.6 Å². The summed E-state index contributed by atoms with van der Waals surface area (Å²) in [5.74, 6) is 0.478. The van der Waals surface area contributed by atoms with Crippen molar-refractivity contribution in [3.8, 4) is 5.75 Å². The lowest BCUT2D eigenvalue weighted by Crippen LogP contribution is -2.51. The van der Waals surface area contributed by atoms with Crippen molar-refractivity contribution in [3.05, 3.63) is 63.4 Å². The minimum absolute atomic E-state index is 0.172. The van der Waals surface area contributed by atoms with E-state index in [1.165, 1.54) is 6.08 Å². The molecule has 1 amide bonds. The number of rotatable bonds is 6. The molecule has 0 spiro atoms. The van der Waals surface area contributed by atoms with Gasteiger partial charge in [0.15, 0.2) is 0 Å². The molecule has 3 rings (SSSR count). The standard InChI is InChI=1S/C21H24FIN2O3/c1-2-24-21(27)13-11-17(25-15-9-7-14(22)8-10-15)20(26)19(12-13)28-18-6-4-3-5-16(18)23/h3-7,9-10,12,14,17,19-20,25-26H,2,8,11H2,1H3,(H,24,27)/t14?,17-,19+,20?/m1/s1. The normalized spacial score (nSPS) is 26.9. The van der Waals surface area contributed by atoms with Gasteiger partial charge in [-0.1, -0.05) is 18.2 Å². The summed E-state index contributed by atoms with van der Waals surface area (Å²) in [5, 5.41) is 16.9. The van der Waals surface area contributed by atoms with Gasteiger partial charge in [-0.15, -0.1) is 0 Å². The highest BCUT2D eigenvalue weighted by molar-refractivity contribution is 14.1. The zero-order valence-electron chi connectivity index (χ0n) is 15.6. The van der Waals surface area contributed by atoms with E-state index in [1.807, 2.05) is 31.2 Å². The molecule has 0 saturated heterocycles. The molecule has 150 valence electrons. The third-order valence-corrected chi connectivity index (χ3v) is 5.57. The number of aliphatic hydroxyl groups excluding tert-OH is 1. The van der Waals surface area contributed by atoms with Crippen molar-refractivity contribution >= 4 is 28.5 Å². The van der Waals surface area contributed by atoms with Gasteiger partial charge in [-0.2, -0.15) is 0 Å². The van der Waals surface area contributed by atoms with Crippen LogP contribution in [-0.4, -0.2) is 42.0 Å². The van der Waals surface area contributed by atoms with E-state index in [9.17, 15) is 14.3 Å². The molecule has 0 aromatic heterocycles. The first-order chi connectivity index (χ1) is 13.5. The van der Waals surface area contributed by atoms with E-state index < -0.39 is 24.4 Å². The minimum atomic E-state index is -0.983. The van der Waals surface area contributed by atoms with E-state index >= 15 is 0 Å². The van der Waals surface area contributed by atoms with Crippen LogP contribution in [0.25, 0.3) is 0 Å². The van der Waals surface area contributed by atoms with Gasteiger partial charge in [-0.05, 0) is 59.9 Å². The Hall–Kier alpha value is -1.87. The Kier molecular flexibility index (Phi) is 7.12. The lowest BCUT2D eigenvalue weighted by Gasteiger charge is -2.35. The second-order valence-electron chi connectivity index (χ2n) is 6.78. The number of amides is 1. The molecular weight excluding hydrogens is 474 g/mol. The molecule has 0 aliphatic heterocycles. The molecule has 1 aromatic carbocycles. The molecule has 1 aromatic rings. The van der Waals surface area contributed by atoms with Crippen molar-refractivity contribution < 1.29 is 19.0 Å². The summed E-state index contributed by atoms with van der Waals surface area (Å²) in [6, 6.07) is 7.09. The summed E-state index contributed by atoms with van der Waals surface area (Å²) in [5.41, 5.74) is 1.30. The topological polar surface area (TPSA) is 70.6 Å². The Morgan fingerprint density at radius 1 is 1.39 bits per heavy atom. The van der Waals surface area contributed by atoms with Gasteiger partial charge in [0, 0.05) is 30.7 Å². The molecule has 0 saturated carbocycles. The highest BCUT2D eigenvalue weighted by Crippen LogP contribution is 2.28. The number of aliphatic hydroxyl groups is 1. The number of ether oxygens (including phenoxy) is 1. The Bertz CT molecular complexity index is 809. The second kappa shape index (κ2) is 9.56. The van der Waals surface area contributed by atoms with Crippen molar-refractivity contribution in [2.24, 2.45) is 0 Å². The van der Waals surface area contributed by atoms with Gasteiger partial charge >= 0.3 is 0 Å². The minimum Gasteiger partial charge on any atom is -0.482 e. The highest BCUT2D eigenvalue weighted by Gasteiger charge is 2.35. The van der Waals surface area contributed by atoms with Crippen molar-refractivity contribution in [1.82, 2.24) is 10.6 Å². The zero-order chi connectivity index (χ0) is 20.1. The average Bonchev–Trinajstić information content (AvgIpc) is 2.68. The number of carbonyl (C=O) groups is 1. The Balaban J connectivity index is 1.82. The van der Waals surface area contributed by atoms with Crippen LogP contribution in [0.4, 0.5) is 4.39 Å². The Morgan fingerprint density at radius 2 is 2.18 bits per heavy atom. The maximum atomic E-state index is 13.3. The van der Waals surface area contributed by atoms with Crippen LogP contribution < -0.4 is 15.4 Å². The van der Waals surface area contributed by atoms with E-state index in [2.05, 4.69) is 33.2 Å². The van der Waals surface area contributed by atoms with Gasteiger partial charge in [0.2, 0.25) is 5.91 Å². The fourth-order valence-corrected chi connectivity index (χ4v) is 3.75. The van der Waals surface area contributed by atoms with Gasteiger partial charge in [-0.25, -0.2) is 4.39 Å². The molecule has 5 nitrogen and oxygen atoms in total. The number of alkyl halides is 1. The number of allylic oxidation sites excluding steroid dienone is 3. The van der Waals surface area contributed by atoms with Crippen molar-refractivity contribution in [1.29, 1.82) is 0 Å². The highest BCUT2D eigenvalue weighted by atomic mass is 127. The molecule has 0 bridgehead atoms. The summed E-state index contributed by atoms with van der Waals surface area (Å²) < 4.78 is 20.3. The number of benzene rings is 1. The average molecular weight is 498 g/mol. The number of halogens is 2. The molecule has 2 aliphatic carbocycles. The Morgan fingerprint density at radius 3 is 2.86 bits per heavy atom. The summed E-state index contributed by atoms with van der Waals surface area (Å²) in [4.78, 5) is 12.4. The van der Waals surface area contributed by atoms with Crippen LogP contribution in [0, 0.1) is 3.57 Å². The fraction of sp³-hybridized carbons (Fsp3) is 0.381. The molecule has 0 heterocycles. The largest absolute Gasteiger partial charge is 0.482 e. The van der Waals surface area contributed by atoms with Gasteiger partial charge in [0.1, 0.15) is 24.1 Å². The summed E-state index contributed by atoms with van der Waals surface area (Å²) >= 11 is 2.17. The molecule has 4 atom stereocenters. The number of likely N-dealkylation sites (N-methyl/N-ethyl adjacent to an activating group) is 1.